The lowest BCUT2D eigenvalue weighted by Crippen LogP contribution is -2.45. The van der Waals surface area contributed by atoms with Gasteiger partial charge in [-0.1, -0.05) is 13.8 Å². The van der Waals surface area contributed by atoms with Gasteiger partial charge in [-0.3, -0.25) is 0 Å². The lowest BCUT2D eigenvalue weighted by Gasteiger charge is -2.22. The molecule has 0 aromatic heterocycles. The van der Waals surface area contributed by atoms with Gasteiger partial charge in [0, 0.05) is 14.1 Å². The third kappa shape index (κ3) is 3.57. The number of aliphatic hydroxyl groups excluding tert-OH is 1. The Labute approximate surface area is 73.6 Å². The number of hydrogen-bond donors (Lipinski definition) is 2. The number of carbonyl (C=O) groups is 1. The van der Waals surface area contributed by atoms with Crippen molar-refractivity contribution in [3.63, 3.8) is 0 Å². The molecule has 4 nitrogen and oxygen atoms in total. The highest BCUT2D eigenvalue weighted by atomic mass is 16.3. The molecule has 0 aromatic carbocycles. The monoisotopic (exact) mass is 174 g/mol. The molecule has 0 saturated carbocycles. The predicted octanol–water partition coefficient (Wildman–Crippen LogP) is 0.275. The van der Waals surface area contributed by atoms with Crippen LogP contribution in [-0.4, -0.2) is 42.8 Å². The first-order chi connectivity index (χ1) is 5.49. The number of rotatable bonds is 3. The minimum Gasteiger partial charge on any atom is -0.394 e. The molecule has 0 spiro atoms. The second kappa shape index (κ2) is 4.98. The topological polar surface area (TPSA) is 52.6 Å². The fourth-order valence-electron chi connectivity index (χ4n) is 0.711. The van der Waals surface area contributed by atoms with E-state index in [1.165, 1.54) is 4.90 Å². The van der Waals surface area contributed by atoms with E-state index in [1.54, 1.807) is 14.1 Å². The maximum Gasteiger partial charge on any atom is 0.317 e. The molecular weight excluding hydrogens is 156 g/mol. The average Bonchev–Trinajstić information content (AvgIpc) is 1.98. The summed E-state index contributed by atoms with van der Waals surface area (Å²) in [6, 6.07) is -0.317. The van der Waals surface area contributed by atoms with Gasteiger partial charge < -0.3 is 15.3 Å². The SMILES string of the molecule is CC(C)C(CO)NC(=O)N(C)C. The van der Waals surface area contributed by atoms with Gasteiger partial charge in [-0.25, -0.2) is 4.79 Å². The number of urea groups is 1. The molecule has 0 saturated heterocycles. The van der Waals surface area contributed by atoms with E-state index >= 15 is 0 Å². The molecule has 0 radical (unpaired) electrons. The van der Waals surface area contributed by atoms with Gasteiger partial charge in [0.25, 0.3) is 0 Å². The largest absolute Gasteiger partial charge is 0.394 e. The van der Waals surface area contributed by atoms with Gasteiger partial charge in [0.2, 0.25) is 0 Å². The van der Waals surface area contributed by atoms with Crippen LogP contribution in [0.4, 0.5) is 4.79 Å². The van der Waals surface area contributed by atoms with Crippen molar-refractivity contribution in [1.29, 1.82) is 0 Å². The van der Waals surface area contributed by atoms with Crippen LogP contribution in [0.1, 0.15) is 13.8 Å². The zero-order valence-electron chi connectivity index (χ0n) is 8.16. The molecule has 0 aliphatic rings. The number of carbonyl (C=O) groups excluding carboxylic acids is 1. The van der Waals surface area contributed by atoms with Gasteiger partial charge in [0.1, 0.15) is 0 Å². The van der Waals surface area contributed by atoms with Crippen LogP contribution in [0.5, 0.6) is 0 Å². The number of nitrogens with one attached hydrogen (secondary N) is 1. The summed E-state index contributed by atoms with van der Waals surface area (Å²) in [6.07, 6.45) is 0. The van der Waals surface area contributed by atoms with Crippen molar-refractivity contribution < 1.29 is 9.90 Å². The van der Waals surface area contributed by atoms with Crippen molar-refractivity contribution in [3.05, 3.63) is 0 Å². The van der Waals surface area contributed by atoms with E-state index in [4.69, 9.17) is 5.11 Å². The molecular formula is C8H18N2O2. The molecule has 0 bridgehead atoms. The van der Waals surface area contributed by atoms with Crippen LogP contribution in [0, 0.1) is 5.92 Å². The van der Waals surface area contributed by atoms with Gasteiger partial charge in [0.15, 0.2) is 0 Å². The first-order valence-corrected chi connectivity index (χ1v) is 4.07. The van der Waals surface area contributed by atoms with E-state index in [0.717, 1.165) is 0 Å². The molecule has 0 aliphatic heterocycles. The first kappa shape index (κ1) is 11.2. The molecule has 0 heterocycles. The summed E-state index contributed by atoms with van der Waals surface area (Å²) in [6.45, 7) is 3.89. The van der Waals surface area contributed by atoms with Crippen LogP contribution in [-0.2, 0) is 0 Å². The Hall–Kier alpha value is -0.770. The lowest BCUT2D eigenvalue weighted by molar-refractivity contribution is 0.183. The summed E-state index contributed by atoms with van der Waals surface area (Å²) in [5.41, 5.74) is 0. The number of nitrogens with zero attached hydrogens (tertiary/aromatic N) is 1. The van der Waals surface area contributed by atoms with Crippen molar-refractivity contribution in [2.45, 2.75) is 19.9 Å². The Morgan fingerprint density at radius 2 is 2.00 bits per heavy atom. The van der Waals surface area contributed by atoms with Crippen molar-refractivity contribution >= 4 is 6.03 Å². The zero-order chi connectivity index (χ0) is 9.72. The minimum absolute atomic E-state index is 0.0166. The number of aliphatic hydroxyl groups is 1. The van der Waals surface area contributed by atoms with Gasteiger partial charge in [-0.15, -0.1) is 0 Å². The minimum atomic E-state index is -0.164. The Balaban J connectivity index is 3.94. The van der Waals surface area contributed by atoms with Crippen molar-refractivity contribution in [2.75, 3.05) is 20.7 Å². The summed E-state index contributed by atoms with van der Waals surface area (Å²) >= 11 is 0. The van der Waals surface area contributed by atoms with Gasteiger partial charge in [-0.2, -0.15) is 0 Å². The van der Waals surface area contributed by atoms with Crippen LogP contribution in [0.2, 0.25) is 0 Å². The standard InChI is InChI=1S/C8H18N2O2/c1-6(2)7(5-11)9-8(12)10(3)4/h6-7,11H,5H2,1-4H3,(H,9,12). The maximum absolute atomic E-state index is 11.1. The van der Waals surface area contributed by atoms with Crippen LogP contribution < -0.4 is 5.32 Å². The van der Waals surface area contributed by atoms with Crippen molar-refractivity contribution in [2.24, 2.45) is 5.92 Å². The smallest absolute Gasteiger partial charge is 0.317 e. The fraction of sp³-hybridized carbons (Fsp3) is 0.875. The molecule has 0 aliphatic carbocycles. The molecule has 12 heavy (non-hydrogen) atoms. The van der Waals surface area contributed by atoms with E-state index in [0.29, 0.717) is 0 Å². The Morgan fingerprint density at radius 1 is 1.50 bits per heavy atom. The molecule has 72 valence electrons. The third-order valence-electron chi connectivity index (χ3n) is 1.72. The predicted molar refractivity (Wildman–Crippen MR) is 47.9 cm³/mol. The summed E-state index contributed by atoms with van der Waals surface area (Å²) < 4.78 is 0. The highest BCUT2D eigenvalue weighted by Crippen LogP contribution is 2.00. The molecule has 1 unspecified atom stereocenters. The second-order valence-electron chi connectivity index (χ2n) is 3.38. The van der Waals surface area contributed by atoms with Crippen LogP contribution in [0.25, 0.3) is 0 Å². The van der Waals surface area contributed by atoms with E-state index in [9.17, 15) is 4.79 Å². The molecule has 2 N–H and O–H groups in total. The quantitative estimate of drug-likeness (QED) is 0.645. The summed E-state index contributed by atoms with van der Waals surface area (Å²) in [4.78, 5) is 12.6. The average molecular weight is 174 g/mol. The van der Waals surface area contributed by atoms with E-state index < -0.39 is 0 Å². The van der Waals surface area contributed by atoms with Gasteiger partial charge in [0.05, 0.1) is 12.6 Å². The van der Waals surface area contributed by atoms with E-state index in [2.05, 4.69) is 5.32 Å². The van der Waals surface area contributed by atoms with Crippen LogP contribution >= 0.6 is 0 Å². The van der Waals surface area contributed by atoms with Crippen LogP contribution in [0.15, 0.2) is 0 Å². The summed E-state index contributed by atoms with van der Waals surface area (Å²) in [7, 11) is 3.34. The Bertz CT molecular complexity index is 146. The lowest BCUT2D eigenvalue weighted by atomic mass is 10.1. The summed E-state index contributed by atoms with van der Waals surface area (Å²) in [5, 5.41) is 11.6. The zero-order valence-corrected chi connectivity index (χ0v) is 8.16. The molecule has 2 amide bonds. The highest BCUT2D eigenvalue weighted by molar-refractivity contribution is 5.73. The van der Waals surface area contributed by atoms with Gasteiger partial charge >= 0.3 is 6.03 Å². The molecule has 1 atom stereocenters. The van der Waals surface area contributed by atoms with Crippen LogP contribution in [0.3, 0.4) is 0 Å². The molecule has 0 aromatic rings. The maximum atomic E-state index is 11.1. The third-order valence-corrected chi connectivity index (χ3v) is 1.72. The number of amides is 2. The van der Waals surface area contributed by atoms with E-state index in [-0.39, 0.29) is 24.6 Å². The molecule has 0 rings (SSSR count). The normalized spacial score (nSPS) is 12.8. The van der Waals surface area contributed by atoms with Gasteiger partial charge in [-0.05, 0) is 5.92 Å². The molecule has 0 fully saturated rings. The fourth-order valence-corrected chi connectivity index (χ4v) is 0.711. The first-order valence-electron chi connectivity index (χ1n) is 4.07. The van der Waals surface area contributed by atoms with Crippen molar-refractivity contribution in [1.82, 2.24) is 10.2 Å². The number of hydrogen-bond acceptors (Lipinski definition) is 2. The highest BCUT2D eigenvalue weighted by Gasteiger charge is 2.15. The Morgan fingerprint density at radius 3 is 2.25 bits per heavy atom. The van der Waals surface area contributed by atoms with Crippen molar-refractivity contribution in [3.8, 4) is 0 Å². The summed E-state index contributed by atoms with van der Waals surface area (Å²) in [5.74, 6) is 0.249. The Kier molecular flexibility index (Phi) is 4.66. The molecule has 4 heteroatoms. The second-order valence-corrected chi connectivity index (χ2v) is 3.38. The van der Waals surface area contributed by atoms with E-state index in [1.807, 2.05) is 13.8 Å².